The molecule has 0 bridgehead atoms. The number of anilines is 1. The van der Waals surface area contributed by atoms with Crippen LogP contribution in [0.1, 0.15) is 47.2 Å². The summed E-state index contributed by atoms with van der Waals surface area (Å²) >= 11 is 0. The van der Waals surface area contributed by atoms with E-state index in [2.05, 4.69) is 37.6 Å². The van der Waals surface area contributed by atoms with Crippen LogP contribution >= 0.6 is 0 Å². The van der Waals surface area contributed by atoms with Crippen molar-refractivity contribution in [3.63, 3.8) is 0 Å². The molecule has 1 aromatic carbocycles. The Morgan fingerprint density at radius 3 is 2.13 bits per heavy atom. The first kappa shape index (κ1) is 22.6. The summed E-state index contributed by atoms with van der Waals surface area (Å²) in [5.74, 6) is 1.81. The zero-order chi connectivity index (χ0) is 22.1. The van der Waals surface area contributed by atoms with Crippen LogP contribution in [-0.4, -0.2) is 56.0 Å². The van der Waals surface area contributed by atoms with Crippen molar-refractivity contribution in [2.24, 2.45) is 4.99 Å². The Morgan fingerprint density at radius 2 is 1.58 bits per heavy atom. The Balaban J connectivity index is 1.47. The molecule has 7 heteroatoms. The van der Waals surface area contributed by atoms with Crippen molar-refractivity contribution in [1.82, 2.24) is 20.5 Å². The first-order chi connectivity index (χ1) is 15.1. The van der Waals surface area contributed by atoms with E-state index in [4.69, 9.17) is 0 Å². The summed E-state index contributed by atoms with van der Waals surface area (Å²) in [6.45, 7) is 3.49. The fourth-order valence-electron chi connectivity index (χ4n) is 3.62. The van der Waals surface area contributed by atoms with Gasteiger partial charge in [0.05, 0.1) is 0 Å². The fraction of sp³-hybridized carbons (Fsp3) is 0.458. The van der Waals surface area contributed by atoms with E-state index in [0.29, 0.717) is 18.7 Å². The van der Waals surface area contributed by atoms with E-state index in [1.54, 1.807) is 26.0 Å². The van der Waals surface area contributed by atoms with Crippen LogP contribution in [0.5, 0.6) is 0 Å². The third kappa shape index (κ3) is 6.70. The molecule has 2 N–H and O–H groups in total. The number of hydrogen-bond donors (Lipinski definition) is 2. The molecule has 1 aromatic heterocycles. The van der Waals surface area contributed by atoms with Crippen molar-refractivity contribution in [3.8, 4) is 0 Å². The van der Waals surface area contributed by atoms with E-state index in [1.807, 2.05) is 30.5 Å². The number of carbonyl (C=O) groups excluding carboxylic acids is 1. The van der Waals surface area contributed by atoms with E-state index < -0.39 is 0 Å². The minimum Gasteiger partial charge on any atom is -0.357 e. The number of aromatic nitrogens is 1. The summed E-state index contributed by atoms with van der Waals surface area (Å²) in [4.78, 5) is 24.9. The highest BCUT2D eigenvalue weighted by molar-refractivity contribution is 5.93. The van der Waals surface area contributed by atoms with Crippen LogP contribution in [0.4, 0.5) is 5.82 Å². The number of amides is 1. The van der Waals surface area contributed by atoms with Crippen LogP contribution in [0.2, 0.25) is 0 Å². The lowest BCUT2D eigenvalue weighted by Crippen LogP contribution is -2.36. The van der Waals surface area contributed by atoms with Gasteiger partial charge < -0.3 is 20.4 Å². The molecule has 1 aliphatic heterocycles. The highest BCUT2D eigenvalue weighted by Crippen LogP contribution is 2.17. The molecule has 0 atom stereocenters. The number of nitrogens with one attached hydrogen (secondary N) is 2. The Morgan fingerprint density at radius 1 is 0.968 bits per heavy atom. The number of hydrogen-bond acceptors (Lipinski definition) is 4. The maximum Gasteiger partial charge on any atom is 0.253 e. The number of nitrogens with zero attached hydrogens (tertiary/aromatic N) is 4. The number of benzene rings is 1. The Hall–Kier alpha value is -3.09. The van der Waals surface area contributed by atoms with Crippen molar-refractivity contribution in [2.75, 3.05) is 39.1 Å². The van der Waals surface area contributed by atoms with Gasteiger partial charge in [-0.1, -0.05) is 31.0 Å². The van der Waals surface area contributed by atoms with Crippen molar-refractivity contribution < 1.29 is 4.79 Å². The molecule has 0 radical (unpaired) electrons. The third-order valence-electron chi connectivity index (χ3n) is 5.49. The monoisotopic (exact) mass is 422 g/mol. The molecule has 1 fully saturated rings. The van der Waals surface area contributed by atoms with E-state index in [0.717, 1.165) is 36.0 Å². The number of carbonyl (C=O) groups is 1. The van der Waals surface area contributed by atoms with E-state index in [-0.39, 0.29) is 5.91 Å². The van der Waals surface area contributed by atoms with E-state index >= 15 is 0 Å². The van der Waals surface area contributed by atoms with Crippen LogP contribution < -0.4 is 15.5 Å². The molecule has 0 aliphatic carbocycles. The summed E-state index contributed by atoms with van der Waals surface area (Å²) in [7, 11) is 5.27. The normalized spacial score (nSPS) is 14.7. The maximum atomic E-state index is 12.0. The largest absolute Gasteiger partial charge is 0.357 e. The highest BCUT2D eigenvalue weighted by atomic mass is 16.2. The highest BCUT2D eigenvalue weighted by Gasteiger charge is 2.11. The molecular weight excluding hydrogens is 388 g/mol. The molecule has 31 heavy (non-hydrogen) atoms. The number of pyridine rings is 1. The summed E-state index contributed by atoms with van der Waals surface area (Å²) in [5.41, 5.74) is 2.89. The number of aliphatic imine (C=N–C) groups is 1. The van der Waals surface area contributed by atoms with E-state index in [9.17, 15) is 4.79 Å². The van der Waals surface area contributed by atoms with Gasteiger partial charge in [-0.05, 0) is 42.2 Å². The standard InChI is InChI=1S/C24H34N6O/c1-25-24(27-16-19-8-11-21(12-9-19)23(31)29(2)3)28-18-20-10-13-22(26-17-20)30-14-6-4-5-7-15-30/h8-13,17H,4-7,14-16,18H2,1-3H3,(H2,25,27,28). The smallest absolute Gasteiger partial charge is 0.253 e. The molecule has 0 saturated carbocycles. The topological polar surface area (TPSA) is 72.9 Å². The minimum atomic E-state index is 0.00690. The summed E-state index contributed by atoms with van der Waals surface area (Å²) in [6, 6.07) is 11.9. The van der Waals surface area contributed by atoms with Crippen LogP contribution in [-0.2, 0) is 13.1 Å². The maximum absolute atomic E-state index is 12.0. The Labute approximate surface area is 185 Å². The summed E-state index contributed by atoms with van der Waals surface area (Å²) in [6.07, 6.45) is 7.09. The average Bonchev–Trinajstić information content (AvgIpc) is 3.09. The van der Waals surface area contributed by atoms with Gasteiger partial charge in [0, 0.05) is 59.1 Å². The molecule has 7 nitrogen and oxygen atoms in total. The van der Waals surface area contributed by atoms with Gasteiger partial charge in [0.1, 0.15) is 5.82 Å². The quantitative estimate of drug-likeness (QED) is 0.553. The molecule has 1 saturated heterocycles. The van der Waals surface area contributed by atoms with Gasteiger partial charge >= 0.3 is 0 Å². The molecule has 1 amide bonds. The lowest BCUT2D eigenvalue weighted by molar-refractivity contribution is 0.0827. The van der Waals surface area contributed by atoms with Gasteiger partial charge in [-0.3, -0.25) is 9.79 Å². The van der Waals surface area contributed by atoms with Crippen molar-refractivity contribution in [3.05, 3.63) is 59.3 Å². The molecule has 2 heterocycles. The van der Waals surface area contributed by atoms with Gasteiger partial charge in [0.15, 0.2) is 5.96 Å². The molecule has 1 aliphatic rings. The van der Waals surface area contributed by atoms with Gasteiger partial charge in [0.2, 0.25) is 0 Å². The van der Waals surface area contributed by atoms with Gasteiger partial charge in [-0.15, -0.1) is 0 Å². The predicted molar refractivity (Wildman–Crippen MR) is 126 cm³/mol. The Kier molecular flexibility index (Phi) is 8.27. The molecular formula is C24H34N6O. The lowest BCUT2D eigenvalue weighted by Gasteiger charge is -2.21. The summed E-state index contributed by atoms with van der Waals surface area (Å²) < 4.78 is 0. The van der Waals surface area contributed by atoms with Crippen molar-refractivity contribution in [1.29, 1.82) is 0 Å². The SMILES string of the molecule is CN=C(NCc1ccc(C(=O)N(C)C)cc1)NCc1ccc(N2CCCCCC2)nc1. The number of guanidine groups is 1. The van der Waals surface area contributed by atoms with Crippen LogP contribution in [0.25, 0.3) is 0 Å². The Bertz CT molecular complexity index is 853. The van der Waals surface area contributed by atoms with E-state index in [1.165, 1.54) is 25.7 Å². The minimum absolute atomic E-state index is 0.00690. The van der Waals surface area contributed by atoms with Crippen LogP contribution in [0.15, 0.2) is 47.6 Å². The van der Waals surface area contributed by atoms with Gasteiger partial charge in [-0.2, -0.15) is 0 Å². The zero-order valence-electron chi connectivity index (χ0n) is 18.9. The van der Waals surface area contributed by atoms with Gasteiger partial charge in [-0.25, -0.2) is 4.98 Å². The first-order valence-electron chi connectivity index (χ1n) is 11.0. The van der Waals surface area contributed by atoms with Crippen molar-refractivity contribution >= 4 is 17.7 Å². The zero-order valence-corrected chi connectivity index (χ0v) is 18.9. The molecule has 0 unspecified atom stereocenters. The van der Waals surface area contributed by atoms with Crippen LogP contribution in [0.3, 0.4) is 0 Å². The fourth-order valence-corrected chi connectivity index (χ4v) is 3.62. The lowest BCUT2D eigenvalue weighted by atomic mass is 10.1. The summed E-state index contributed by atoms with van der Waals surface area (Å²) in [5, 5.41) is 6.65. The second-order valence-electron chi connectivity index (χ2n) is 8.10. The molecule has 0 spiro atoms. The first-order valence-corrected chi connectivity index (χ1v) is 11.0. The predicted octanol–water partition coefficient (Wildman–Crippen LogP) is 3.03. The number of rotatable bonds is 6. The molecule has 2 aromatic rings. The third-order valence-corrected chi connectivity index (χ3v) is 5.49. The molecule has 3 rings (SSSR count). The van der Waals surface area contributed by atoms with Gasteiger partial charge in [0.25, 0.3) is 5.91 Å². The van der Waals surface area contributed by atoms with Crippen molar-refractivity contribution in [2.45, 2.75) is 38.8 Å². The van der Waals surface area contributed by atoms with Crippen LogP contribution in [0, 0.1) is 0 Å². The second kappa shape index (κ2) is 11.3. The molecule has 166 valence electrons. The second-order valence-corrected chi connectivity index (χ2v) is 8.10. The average molecular weight is 423 g/mol.